The fraction of sp³-hybridized carbons (Fsp3) is 0.308. The van der Waals surface area contributed by atoms with E-state index >= 15 is 0 Å². The first-order valence-corrected chi connectivity index (χ1v) is 5.56. The summed E-state index contributed by atoms with van der Waals surface area (Å²) in [5.74, 6) is 0.995. The number of imidazole rings is 1. The Morgan fingerprint density at radius 3 is 2.94 bits per heavy atom. The molecule has 16 heavy (non-hydrogen) atoms. The number of aryl methyl sites for hydroxylation is 1. The Bertz CT molecular complexity index is 528. The molecule has 2 aromatic rings. The Morgan fingerprint density at radius 1 is 1.25 bits per heavy atom. The maximum Gasteiger partial charge on any atom is 0.103 e. The minimum absolute atomic E-state index is 0.935. The number of nitrogens with zero attached hydrogens (tertiary/aromatic N) is 2. The summed E-state index contributed by atoms with van der Waals surface area (Å²) in [6.07, 6.45) is 0. The van der Waals surface area contributed by atoms with Crippen LogP contribution in [0.2, 0.25) is 0 Å². The van der Waals surface area contributed by atoms with E-state index in [1.807, 2.05) is 6.92 Å². The maximum atomic E-state index is 4.60. The molecule has 0 fully saturated rings. The van der Waals surface area contributed by atoms with Crippen LogP contribution in [0, 0.1) is 6.92 Å². The first-order valence-electron chi connectivity index (χ1n) is 5.56. The molecule has 1 aromatic carbocycles. The van der Waals surface area contributed by atoms with E-state index in [9.17, 15) is 0 Å². The van der Waals surface area contributed by atoms with Crippen LogP contribution >= 0.6 is 0 Å². The van der Waals surface area contributed by atoms with Crippen LogP contribution < -0.4 is 0 Å². The van der Waals surface area contributed by atoms with Crippen LogP contribution in [-0.2, 0) is 13.1 Å². The van der Waals surface area contributed by atoms with Crippen molar-refractivity contribution in [1.82, 2.24) is 14.9 Å². The zero-order chi connectivity index (χ0) is 11.1. The van der Waals surface area contributed by atoms with Crippen molar-refractivity contribution in [3.63, 3.8) is 0 Å². The molecule has 0 bridgehead atoms. The van der Waals surface area contributed by atoms with Crippen molar-refractivity contribution in [3.05, 3.63) is 41.3 Å². The van der Waals surface area contributed by atoms with Crippen molar-refractivity contribution < 1.29 is 0 Å². The predicted octanol–water partition coefficient (Wildman–Crippen LogP) is 2.33. The zero-order valence-electron chi connectivity index (χ0n) is 9.62. The number of rotatable bonds is 0. The highest BCUT2D eigenvalue weighted by Gasteiger charge is 2.19. The Balaban J connectivity index is 2.25. The van der Waals surface area contributed by atoms with Gasteiger partial charge in [0, 0.05) is 18.7 Å². The zero-order valence-corrected chi connectivity index (χ0v) is 9.62. The molecular weight excluding hydrogens is 198 g/mol. The molecule has 3 heteroatoms. The highest BCUT2D eigenvalue weighted by molar-refractivity contribution is 5.67. The summed E-state index contributed by atoms with van der Waals surface area (Å²) in [6.45, 7) is 3.93. The van der Waals surface area contributed by atoms with Crippen molar-refractivity contribution >= 4 is 0 Å². The summed E-state index contributed by atoms with van der Waals surface area (Å²) in [7, 11) is 2.14. The van der Waals surface area contributed by atoms with Crippen molar-refractivity contribution in [3.8, 4) is 11.3 Å². The molecule has 0 aliphatic carbocycles. The number of benzene rings is 1. The Morgan fingerprint density at radius 2 is 2.06 bits per heavy atom. The van der Waals surface area contributed by atoms with Crippen LogP contribution in [0.5, 0.6) is 0 Å². The molecule has 1 aliphatic rings. The Kier molecular flexibility index (Phi) is 2.07. The van der Waals surface area contributed by atoms with E-state index in [-0.39, 0.29) is 0 Å². The quantitative estimate of drug-likeness (QED) is 0.728. The third-order valence-electron chi connectivity index (χ3n) is 3.04. The highest BCUT2D eigenvalue weighted by Crippen LogP contribution is 2.30. The predicted molar refractivity (Wildman–Crippen MR) is 63.9 cm³/mol. The molecule has 3 nitrogen and oxygen atoms in total. The third-order valence-corrected chi connectivity index (χ3v) is 3.04. The number of aromatic nitrogens is 2. The second-order valence-corrected chi connectivity index (χ2v) is 4.48. The van der Waals surface area contributed by atoms with E-state index in [0.29, 0.717) is 0 Å². The minimum atomic E-state index is 0.935. The van der Waals surface area contributed by atoms with Crippen LogP contribution in [0.15, 0.2) is 24.3 Å². The summed E-state index contributed by atoms with van der Waals surface area (Å²) in [6, 6.07) is 8.52. The van der Waals surface area contributed by atoms with Gasteiger partial charge in [-0.2, -0.15) is 0 Å². The van der Waals surface area contributed by atoms with Gasteiger partial charge in [0.2, 0.25) is 0 Å². The lowest BCUT2D eigenvalue weighted by Gasteiger charge is -2.13. The summed E-state index contributed by atoms with van der Waals surface area (Å²) in [5, 5.41) is 0. The highest BCUT2D eigenvalue weighted by atomic mass is 15.1. The monoisotopic (exact) mass is 213 g/mol. The largest absolute Gasteiger partial charge is 0.345 e. The molecule has 1 N–H and O–H groups in total. The number of hydrogen-bond acceptors (Lipinski definition) is 2. The number of hydrogen-bond donors (Lipinski definition) is 1. The molecule has 1 aromatic heterocycles. The number of fused-ring (bicyclic) bond motifs is 3. The van der Waals surface area contributed by atoms with Gasteiger partial charge in [0.1, 0.15) is 5.82 Å². The van der Waals surface area contributed by atoms with Gasteiger partial charge in [0.25, 0.3) is 0 Å². The average molecular weight is 213 g/mol. The standard InChI is InChI=1S/C13H15N3/c1-9-14-12-8-16(2)7-10-5-3-4-6-11(10)13(12)15-9/h3-6H,7-8H2,1-2H3,(H,14,15). The molecular formula is C13H15N3. The fourth-order valence-electron chi connectivity index (χ4n) is 2.38. The van der Waals surface area contributed by atoms with Crippen molar-refractivity contribution in [2.24, 2.45) is 0 Å². The third kappa shape index (κ3) is 1.44. The van der Waals surface area contributed by atoms with E-state index in [1.54, 1.807) is 0 Å². The lowest BCUT2D eigenvalue weighted by molar-refractivity contribution is 0.319. The SMILES string of the molecule is Cc1nc2c([nH]1)CN(C)Cc1ccccc1-2. The van der Waals surface area contributed by atoms with Crippen LogP contribution in [0.1, 0.15) is 17.1 Å². The van der Waals surface area contributed by atoms with Gasteiger partial charge in [-0.05, 0) is 19.5 Å². The van der Waals surface area contributed by atoms with Crippen LogP contribution in [-0.4, -0.2) is 21.9 Å². The summed E-state index contributed by atoms with van der Waals surface area (Å²) >= 11 is 0. The molecule has 0 unspecified atom stereocenters. The molecule has 0 radical (unpaired) electrons. The average Bonchev–Trinajstić information content (AvgIpc) is 2.54. The van der Waals surface area contributed by atoms with E-state index in [0.717, 1.165) is 24.6 Å². The Hall–Kier alpha value is -1.61. The molecule has 0 atom stereocenters. The van der Waals surface area contributed by atoms with E-state index in [2.05, 4.69) is 46.2 Å². The fourth-order valence-corrected chi connectivity index (χ4v) is 2.38. The number of nitrogens with one attached hydrogen (secondary N) is 1. The first kappa shape index (κ1) is 9.60. The smallest absolute Gasteiger partial charge is 0.103 e. The number of aromatic amines is 1. The van der Waals surface area contributed by atoms with Crippen molar-refractivity contribution in [2.45, 2.75) is 20.0 Å². The normalized spacial score (nSPS) is 15.4. The molecule has 0 spiro atoms. The molecule has 3 rings (SSSR count). The molecule has 82 valence electrons. The topological polar surface area (TPSA) is 31.9 Å². The molecule has 2 heterocycles. The Labute approximate surface area is 95.1 Å². The van der Waals surface area contributed by atoms with Gasteiger partial charge in [-0.1, -0.05) is 24.3 Å². The van der Waals surface area contributed by atoms with Gasteiger partial charge in [-0.3, -0.25) is 4.90 Å². The maximum absolute atomic E-state index is 4.60. The minimum Gasteiger partial charge on any atom is -0.345 e. The van der Waals surface area contributed by atoms with Gasteiger partial charge in [0.05, 0.1) is 11.4 Å². The van der Waals surface area contributed by atoms with Crippen molar-refractivity contribution in [1.29, 1.82) is 0 Å². The molecule has 0 saturated carbocycles. The second kappa shape index (κ2) is 3.46. The van der Waals surface area contributed by atoms with Gasteiger partial charge in [-0.15, -0.1) is 0 Å². The van der Waals surface area contributed by atoms with Crippen LogP contribution in [0.3, 0.4) is 0 Å². The lowest BCUT2D eigenvalue weighted by Crippen LogP contribution is -2.15. The number of H-pyrrole nitrogens is 1. The van der Waals surface area contributed by atoms with Crippen molar-refractivity contribution in [2.75, 3.05) is 7.05 Å². The molecule has 0 saturated heterocycles. The summed E-state index contributed by atoms with van der Waals surface area (Å²) in [5.41, 5.74) is 4.98. The van der Waals surface area contributed by atoms with Crippen LogP contribution in [0.25, 0.3) is 11.3 Å². The van der Waals surface area contributed by atoms with E-state index in [1.165, 1.54) is 16.8 Å². The summed E-state index contributed by atoms with van der Waals surface area (Å²) in [4.78, 5) is 10.3. The van der Waals surface area contributed by atoms with Gasteiger partial charge in [-0.25, -0.2) is 4.98 Å². The van der Waals surface area contributed by atoms with Gasteiger partial charge >= 0.3 is 0 Å². The molecule has 1 aliphatic heterocycles. The summed E-state index contributed by atoms with van der Waals surface area (Å²) < 4.78 is 0. The second-order valence-electron chi connectivity index (χ2n) is 4.48. The first-order chi connectivity index (χ1) is 7.74. The van der Waals surface area contributed by atoms with Gasteiger partial charge in [0.15, 0.2) is 0 Å². The lowest BCUT2D eigenvalue weighted by atomic mass is 10.0. The molecule has 0 amide bonds. The van der Waals surface area contributed by atoms with Crippen LogP contribution in [0.4, 0.5) is 0 Å². The van der Waals surface area contributed by atoms with E-state index < -0.39 is 0 Å². The van der Waals surface area contributed by atoms with Gasteiger partial charge < -0.3 is 4.98 Å². The van der Waals surface area contributed by atoms with E-state index in [4.69, 9.17) is 0 Å².